The average molecular weight is 482 g/mol. The molecule has 1 amide bonds. The number of rotatable bonds is 11. The maximum absolute atomic E-state index is 13.1. The normalized spacial score (nSPS) is 12.8. The zero-order valence-corrected chi connectivity index (χ0v) is 22.8. The highest BCUT2D eigenvalue weighted by molar-refractivity contribution is 5.93. The SMILES string of the molecule is CCn1c(C(=O)N(C)CCC#N)ccc1C(CC)(CC)c1ccc(OCC(O)C(C)(C)C)c(C)c1. The van der Waals surface area contributed by atoms with Crippen LogP contribution in [0.15, 0.2) is 30.3 Å². The molecule has 0 radical (unpaired) electrons. The number of benzene rings is 1. The van der Waals surface area contributed by atoms with Gasteiger partial charge < -0.3 is 19.3 Å². The summed E-state index contributed by atoms with van der Waals surface area (Å²) >= 11 is 0. The van der Waals surface area contributed by atoms with Crippen LogP contribution in [-0.4, -0.2) is 46.8 Å². The van der Waals surface area contributed by atoms with Gasteiger partial charge in [0.15, 0.2) is 0 Å². The zero-order chi connectivity index (χ0) is 26.4. The molecule has 0 aliphatic heterocycles. The van der Waals surface area contributed by atoms with Crippen LogP contribution < -0.4 is 4.74 Å². The molecule has 1 heterocycles. The van der Waals surface area contributed by atoms with Gasteiger partial charge in [-0.25, -0.2) is 0 Å². The molecular formula is C29H43N3O3. The van der Waals surface area contributed by atoms with Gasteiger partial charge in [0.2, 0.25) is 0 Å². The van der Waals surface area contributed by atoms with Gasteiger partial charge in [-0.05, 0) is 61.4 Å². The molecule has 1 N–H and O–H groups in total. The molecular weight excluding hydrogens is 438 g/mol. The number of aliphatic hydroxyl groups excluding tert-OH is 1. The van der Waals surface area contributed by atoms with Crippen molar-refractivity contribution in [2.24, 2.45) is 5.41 Å². The van der Waals surface area contributed by atoms with Crippen molar-refractivity contribution in [3.8, 4) is 11.8 Å². The lowest BCUT2D eigenvalue weighted by molar-refractivity contribution is 0.0216. The van der Waals surface area contributed by atoms with Crippen molar-refractivity contribution >= 4 is 5.91 Å². The van der Waals surface area contributed by atoms with Crippen LogP contribution in [0.4, 0.5) is 0 Å². The maximum Gasteiger partial charge on any atom is 0.270 e. The number of carbonyl (C=O) groups is 1. The Labute approximate surface area is 211 Å². The molecule has 0 aliphatic carbocycles. The second-order valence-electron chi connectivity index (χ2n) is 10.4. The van der Waals surface area contributed by atoms with Gasteiger partial charge >= 0.3 is 0 Å². The van der Waals surface area contributed by atoms with Crippen molar-refractivity contribution in [3.63, 3.8) is 0 Å². The van der Waals surface area contributed by atoms with Crippen molar-refractivity contribution in [1.29, 1.82) is 5.26 Å². The van der Waals surface area contributed by atoms with Crippen molar-refractivity contribution in [3.05, 3.63) is 52.8 Å². The summed E-state index contributed by atoms with van der Waals surface area (Å²) in [6.07, 6.45) is 1.53. The van der Waals surface area contributed by atoms with E-state index in [4.69, 9.17) is 10.00 Å². The van der Waals surface area contributed by atoms with Crippen molar-refractivity contribution in [1.82, 2.24) is 9.47 Å². The Morgan fingerprint density at radius 2 is 1.83 bits per heavy atom. The van der Waals surface area contributed by atoms with Gasteiger partial charge in [-0.3, -0.25) is 4.79 Å². The van der Waals surface area contributed by atoms with Gasteiger partial charge in [0.25, 0.3) is 5.91 Å². The fourth-order valence-corrected chi connectivity index (χ4v) is 4.62. The summed E-state index contributed by atoms with van der Waals surface area (Å²) in [4.78, 5) is 14.8. The lowest BCUT2D eigenvalue weighted by atomic mass is 9.72. The Bertz CT molecular complexity index is 1040. The van der Waals surface area contributed by atoms with E-state index in [9.17, 15) is 9.90 Å². The summed E-state index contributed by atoms with van der Waals surface area (Å²) in [6, 6.07) is 12.4. The van der Waals surface area contributed by atoms with E-state index in [0.717, 1.165) is 29.8 Å². The summed E-state index contributed by atoms with van der Waals surface area (Å²) < 4.78 is 8.10. The fourth-order valence-electron chi connectivity index (χ4n) is 4.62. The number of hydrogen-bond donors (Lipinski definition) is 1. The molecule has 1 aromatic carbocycles. The van der Waals surface area contributed by atoms with Crippen molar-refractivity contribution < 1.29 is 14.6 Å². The molecule has 0 saturated carbocycles. The van der Waals surface area contributed by atoms with Crippen LogP contribution >= 0.6 is 0 Å². The monoisotopic (exact) mass is 481 g/mol. The van der Waals surface area contributed by atoms with Crippen LogP contribution in [0.1, 0.15) is 88.1 Å². The van der Waals surface area contributed by atoms with Gasteiger partial charge in [0.05, 0.1) is 18.6 Å². The lowest BCUT2D eigenvalue weighted by Crippen LogP contribution is -2.33. The third kappa shape index (κ3) is 6.08. The number of nitrogens with zero attached hydrogens (tertiary/aromatic N) is 3. The van der Waals surface area contributed by atoms with Crippen molar-refractivity contribution in [2.45, 2.75) is 85.8 Å². The predicted octanol–water partition coefficient (Wildman–Crippen LogP) is 5.69. The van der Waals surface area contributed by atoms with Gasteiger partial charge in [-0.1, -0.05) is 46.8 Å². The highest BCUT2D eigenvalue weighted by atomic mass is 16.5. The Morgan fingerprint density at radius 1 is 1.17 bits per heavy atom. The molecule has 2 aromatic rings. The van der Waals surface area contributed by atoms with E-state index in [2.05, 4.69) is 49.6 Å². The smallest absolute Gasteiger partial charge is 0.270 e. The standard InChI is InChI=1S/C29H43N3O3/c1-9-29(10-2,22-13-15-24(21(4)19-22)35-20-26(33)28(5,6)7)25-16-14-23(32(25)11-3)27(34)31(8)18-12-17-30/h13-16,19,26,33H,9-12,18,20H2,1-8H3. The number of hydrogen-bond acceptors (Lipinski definition) is 4. The number of aryl methyl sites for hydroxylation is 1. The Kier molecular flexibility index (Phi) is 9.57. The largest absolute Gasteiger partial charge is 0.491 e. The molecule has 0 fully saturated rings. The minimum Gasteiger partial charge on any atom is -0.491 e. The summed E-state index contributed by atoms with van der Waals surface area (Å²) in [6.45, 7) is 15.8. The summed E-state index contributed by atoms with van der Waals surface area (Å²) in [5, 5.41) is 19.3. The first-order valence-corrected chi connectivity index (χ1v) is 12.7. The van der Waals surface area contributed by atoms with E-state index in [1.165, 1.54) is 5.56 Å². The third-order valence-electron chi connectivity index (χ3n) is 7.24. The first-order chi connectivity index (χ1) is 16.5. The number of aromatic nitrogens is 1. The third-order valence-corrected chi connectivity index (χ3v) is 7.24. The van der Waals surface area contributed by atoms with Gasteiger partial charge in [0, 0.05) is 31.2 Å². The first kappa shape index (κ1) is 28.5. The molecule has 35 heavy (non-hydrogen) atoms. The van der Waals surface area contributed by atoms with E-state index in [0.29, 0.717) is 25.2 Å². The van der Waals surface area contributed by atoms with E-state index in [1.54, 1.807) is 11.9 Å². The highest BCUT2D eigenvalue weighted by Crippen LogP contribution is 2.41. The molecule has 0 spiro atoms. The molecule has 0 saturated heterocycles. The molecule has 0 aliphatic rings. The summed E-state index contributed by atoms with van der Waals surface area (Å²) in [5.41, 5.74) is 3.50. The van der Waals surface area contributed by atoms with Gasteiger partial charge in [-0.2, -0.15) is 5.26 Å². The van der Waals surface area contributed by atoms with Gasteiger partial charge in [0.1, 0.15) is 18.1 Å². The van der Waals surface area contributed by atoms with E-state index >= 15 is 0 Å². The minimum atomic E-state index is -0.554. The summed E-state index contributed by atoms with van der Waals surface area (Å²) in [7, 11) is 1.75. The van der Waals surface area contributed by atoms with Crippen LogP contribution in [0.5, 0.6) is 5.75 Å². The predicted molar refractivity (Wildman–Crippen MR) is 141 cm³/mol. The Balaban J connectivity index is 2.44. The number of carbonyl (C=O) groups excluding carboxylic acids is 1. The fraction of sp³-hybridized carbons (Fsp3) is 0.586. The van der Waals surface area contributed by atoms with E-state index in [-0.39, 0.29) is 23.3 Å². The number of aliphatic hydroxyl groups is 1. The molecule has 0 bridgehead atoms. The molecule has 192 valence electrons. The van der Waals surface area contributed by atoms with Crippen LogP contribution in [0.3, 0.4) is 0 Å². The van der Waals surface area contributed by atoms with Gasteiger partial charge in [-0.15, -0.1) is 0 Å². The number of ether oxygens (including phenoxy) is 1. The highest BCUT2D eigenvalue weighted by Gasteiger charge is 2.35. The first-order valence-electron chi connectivity index (χ1n) is 12.7. The quantitative estimate of drug-likeness (QED) is 0.447. The summed E-state index contributed by atoms with van der Waals surface area (Å²) in [5.74, 6) is 0.714. The molecule has 6 heteroatoms. The zero-order valence-electron chi connectivity index (χ0n) is 22.8. The van der Waals surface area contributed by atoms with E-state index in [1.807, 2.05) is 39.8 Å². The second kappa shape index (κ2) is 11.8. The number of nitriles is 1. The van der Waals surface area contributed by atoms with Crippen LogP contribution in [0, 0.1) is 23.7 Å². The topological polar surface area (TPSA) is 78.5 Å². The molecule has 1 unspecified atom stereocenters. The second-order valence-corrected chi connectivity index (χ2v) is 10.4. The van der Waals surface area contributed by atoms with Crippen molar-refractivity contribution in [2.75, 3.05) is 20.2 Å². The number of amides is 1. The Hall–Kier alpha value is -2.78. The lowest BCUT2D eigenvalue weighted by Gasteiger charge is -2.35. The van der Waals surface area contributed by atoms with Crippen LogP contribution in [0.25, 0.3) is 0 Å². The molecule has 1 aromatic heterocycles. The maximum atomic E-state index is 13.1. The molecule has 6 nitrogen and oxygen atoms in total. The van der Waals surface area contributed by atoms with E-state index < -0.39 is 6.10 Å². The van der Waals surface area contributed by atoms with Crippen LogP contribution in [-0.2, 0) is 12.0 Å². The Morgan fingerprint density at radius 3 is 2.34 bits per heavy atom. The minimum absolute atomic E-state index is 0.0632. The average Bonchev–Trinajstić information content (AvgIpc) is 3.26. The molecule has 2 rings (SSSR count). The van der Waals surface area contributed by atoms with Crippen LogP contribution in [0.2, 0.25) is 0 Å². The molecule has 1 atom stereocenters.